The lowest BCUT2D eigenvalue weighted by molar-refractivity contribution is 0.133. The van der Waals surface area contributed by atoms with E-state index < -0.39 is 0 Å². The lowest BCUT2D eigenvalue weighted by Crippen LogP contribution is -2.33. The van der Waals surface area contributed by atoms with Crippen LogP contribution in [-0.2, 0) is 0 Å². The van der Waals surface area contributed by atoms with Gasteiger partial charge in [0.05, 0.1) is 0 Å². The number of hydrogen-bond acceptors (Lipinski definition) is 0. The predicted molar refractivity (Wildman–Crippen MR) is 141 cm³/mol. The lowest BCUT2D eigenvalue weighted by atomic mass is 9.65. The zero-order valence-corrected chi connectivity index (χ0v) is 21.7. The first-order valence-corrected chi connectivity index (χ1v) is 14.0. The van der Waals surface area contributed by atoms with Crippen molar-refractivity contribution in [3.05, 3.63) is 53.8 Å². The molecule has 3 aliphatic carbocycles. The van der Waals surface area contributed by atoms with Gasteiger partial charge < -0.3 is 0 Å². The monoisotopic (exact) mass is 434 g/mol. The molecular formula is C32H50. The number of rotatable bonds is 11. The van der Waals surface area contributed by atoms with E-state index in [2.05, 4.69) is 82.9 Å². The fourth-order valence-corrected chi connectivity index (χ4v) is 7.04. The minimum Gasteiger partial charge on any atom is -0.122 e. The first kappa shape index (κ1) is 25.4. The van der Waals surface area contributed by atoms with E-state index in [9.17, 15) is 0 Å². The van der Waals surface area contributed by atoms with Crippen LogP contribution < -0.4 is 0 Å². The Kier molecular flexibility index (Phi) is 10.2. The largest absolute Gasteiger partial charge is 0.122 e. The molecule has 0 heterocycles. The van der Waals surface area contributed by atoms with Gasteiger partial charge in [-0.2, -0.15) is 0 Å². The van der Waals surface area contributed by atoms with Crippen LogP contribution in [0.1, 0.15) is 98.8 Å². The van der Waals surface area contributed by atoms with Crippen molar-refractivity contribution in [2.45, 2.75) is 98.8 Å². The molecule has 0 aromatic carbocycles. The summed E-state index contributed by atoms with van der Waals surface area (Å²) in [6.45, 7) is 12.3. The summed E-state index contributed by atoms with van der Waals surface area (Å²) < 4.78 is 0. The van der Waals surface area contributed by atoms with Gasteiger partial charge in [-0.25, -0.2) is 0 Å². The van der Waals surface area contributed by atoms with Crippen molar-refractivity contribution >= 4 is 0 Å². The molecule has 0 nitrogen and oxygen atoms in total. The molecule has 0 saturated heterocycles. The average Bonchev–Trinajstić information content (AvgIpc) is 3.08. The third-order valence-corrected chi connectivity index (χ3v) is 8.83. The maximum absolute atomic E-state index is 3.56. The number of allylic oxidation sites excluding steroid dienone is 7. The normalized spacial score (nSPS) is 32.5. The fourth-order valence-electron chi connectivity index (χ4n) is 7.04. The third kappa shape index (κ3) is 7.12. The van der Waals surface area contributed by atoms with E-state index in [0.717, 1.165) is 42.4 Å². The molecule has 0 heteroatoms. The van der Waals surface area contributed by atoms with Crippen molar-refractivity contribution in [3.8, 4) is 0 Å². The van der Waals surface area contributed by atoms with Crippen LogP contribution in [0.4, 0.5) is 0 Å². The van der Waals surface area contributed by atoms with Gasteiger partial charge in [-0.1, -0.05) is 103 Å². The Labute approximate surface area is 200 Å². The Morgan fingerprint density at radius 2 is 1.84 bits per heavy atom. The van der Waals surface area contributed by atoms with Crippen LogP contribution in [0.2, 0.25) is 0 Å². The fraction of sp³-hybridized carbons (Fsp3) is 0.719. The summed E-state index contributed by atoms with van der Waals surface area (Å²) in [6.07, 6.45) is 30.3. The average molecular weight is 435 g/mol. The van der Waals surface area contributed by atoms with Gasteiger partial charge in [0.2, 0.25) is 0 Å². The highest BCUT2D eigenvalue weighted by molar-refractivity contribution is 5.21. The van der Waals surface area contributed by atoms with Crippen LogP contribution in [0.5, 0.6) is 0 Å². The van der Waals surface area contributed by atoms with Crippen molar-refractivity contribution in [2.24, 2.45) is 47.3 Å². The quantitative estimate of drug-likeness (QED) is 0.284. The summed E-state index contributed by atoms with van der Waals surface area (Å²) in [5, 5.41) is 0. The SMILES string of the molecule is CCCC1=C=CC[C@H](C[C@H](C)C(C(C)CCC2CCC(C)C2)C2C=CC=C[C@H]2CC)C=C1. The summed E-state index contributed by atoms with van der Waals surface area (Å²) in [7, 11) is 0. The van der Waals surface area contributed by atoms with E-state index in [4.69, 9.17) is 0 Å². The van der Waals surface area contributed by atoms with Crippen LogP contribution in [-0.4, -0.2) is 0 Å². The molecule has 0 radical (unpaired) electrons. The van der Waals surface area contributed by atoms with E-state index in [1.807, 2.05) is 0 Å². The molecule has 0 aromatic heterocycles. The standard InChI is InChI=1S/C32H50/c1-6-11-27-12-10-13-28(21-20-27)23-26(5)32(31-15-9-8-14-30(31)7-2)25(4)17-19-29-18-16-24(3)22-29/h8-10,14-15,20-21,24-26,28-32H,6-7,11,13,16-19,22-23H2,1-5H3/t24?,25?,26-,28-,29?,30+,31?,32?/m0/s1. The Morgan fingerprint density at radius 1 is 1.03 bits per heavy atom. The van der Waals surface area contributed by atoms with Crippen LogP contribution in [0.15, 0.2) is 53.8 Å². The minimum absolute atomic E-state index is 0.667. The molecule has 0 aliphatic heterocycles. The summed E-state index contributed by atoms with van der Waals surface area (Å²) in [6, 6.07) is 0. The molecule has 3 aliphatic rings. The van der Waals surface area contributed by atoms with Gasteiger partial charge in [-0.15, -0.1) is 5.73 Å². The highest BCUT2D eigenvalue weighted by atomic mass is 14.4. The van der Waals surface area contributed by atoms with E-state index in [-0.39, 0.29) is 0 Å². The van der Waals surface area contributed by atoms with E-state index >= 15 is 0 Å². The zero-order valence-electron chi connectivity index (χ0n) is 21.7. The highest BCUT2D eigenvalue weighted by Crippen LogP contribution is 2.43. The first-order valence-electron chi connectivity index (χ1n) is 14.0. The van der Waals surface area contributed by atoms with Crippen LogP contribution in [0.25, 0.3) is 0 Å². The zero-order chi connectivity index (χ0) is 22.9. The highest BCUT2D eigenvalue weighted by Gasteiger charge is 2.35. The Morgan fingerprint density at radius 3 is 2.56 bits per heavy atom. The summed E-state index contributed by atoms with van der Waals surface area (Å²) in [4.78, 5) is 0. The Bertz CT molecular complexity index is 712. The molecule has 3 rings (SSSR count). The van der Waals surface area contributed by atoms with Crippen molar-refractivity contribution < 1.29 is 0 Å². The van der Waals surface area contributed by atoms with Crippen LogP contribution >= 0.6 is 0 Å². The molecule has 5 unspecified atom stereocenters. The van der Waals surface area contributed by atoms with E-state index in [1.165, 1.54) is 56.9 Å². The second-order valence-corrected chi connectivity index (χ2v) is 11.5. The lowest BCUT2D eigenvalue weighted by Gasteiger charge is -2.40. The predicted octanol–water partition coefficient (Wildman–Crippen LogP) is 9.71. The van der Waals surface area contributed by atoms with Crippen LogP contribution in [0, 0.1) is 47.3 Å². The molecule has 8 atom stereocenters. The molecule has 0 amide bonds. The van der Waals surface area contributed by atoms with Gasteiger partial charge in [0, 0.05) is 0 Å². The second-order valence-electron chi connectivity index (χ2n) is 11.5. The molecule has 178 valence electrons. The van der Waals surface area contributed by atoms with Gasteiger partial charge >= 0.3 is 0 Å². The molecule has 1 fully saturated rings. The van der Waals surface area contributed by atoms with Crippen molar-refractivity contribution in [1.29, 1.82) is 0 Å². The van der Waals surface area contributed by atoms with E-state index in [0.29, 0.717) is 17.8 Å². The summed E-state index contributed by atoms with van der Waals surface area (Å²) in [5.41, 5.74) is 4.95. The molecule has 0 bridgehead atoms. The maximum Gasteiger partial charge on any atom is -0.00669 e. The smallest absolute Gasteiger partial charge is 0.00669 e. The van der Waals surface area contributed by atoms with E-state index in [1.54, 1.807) is 0 Å². The topological polar surface area (TPSA) is 0 Å². The molecule has 0 spiro atoms. The maximum atomic E-state index is 3.56. The van der Waals surface area contributed by atoms with Gasteiger partial charge in [0.1, 0.15) is 0 Å². The van der Waals surface area contributed by atoms with Gasteiger partial charge in [-0.05, 0) is 91.1 Å². The van der Waals surface area contributed by atoms with Gasteiger partial charge in [0.25, 0.3) is 0 Å². The molecule has 1 saturated carbocycles. The minimum atomic E-state index is 0.667. The van der Waals surface area contributed by atoms with Crippen LogP contribution in [0.3, 0.4) is 0 Å². The second kappa shape index (κ2) is 12.8. The third-order valence-electron chi connectivity index (χ3n) is 8.83. The Balaban J connectivity index is 1.68. The summed E-state index contributed by atoms with van der Waals surface area (Å²) >= 11 is 0. The van der Waals surface area contributed by atoms with Gasteiger partial charge in [-0.3, -0.25) is 0 Å². The molecular weight excluding hydrogens is 384 g/mol. The molecule has 0 aromatic rings. The van der Waals surface area contributed by atoms with Crippen molar-refractivity contribution in [3.63, 3.8) is 0 Å². The number of hydrogen-bond donors (Lipinski definition) is 0. The van der Waals surface area contributed by atoms with Gasteiger partial charge in [0.15, 0.2) is 0 Å². The summed E-state index contributed by atoms with van der Waals surface area (Å²) in [5.74, 6) is 6.37. The first-order chi connectivity index (χ1) is 15.5. The van der Waals surface area contributed by atoms with Crippen molar-refractivity contribution in [2.75, 3.05) is 0 Å². The molecule has 32 heavy (non-hydrogen) atoms. The van der Waals surface area contributed by atoms with Crippen molar-refractivity contribution in [1.82, 2.24) is 0 Å². The molecule has 0 N–H and O–H groups in total. The Hall–Kier alpha value is -1.26.